The van der Waals surface area contributed by atoms with Gasteiger partial charge in [0.2, 0.25) is 0 Å². The number of benzene rings is 1. The molecule has 0 fully saturated rings. The molecule has 1 atom stereocenters. The Labute approximate surface area is 123 Å². The minimum absolute atomic E-state index is 0.384. The van der Waals surface area contributed by atoms with E-state index in [1.807, 2.05) is 38.1 Å². The van der Waals surface area contributed by atoms with Crippen molar-refractivity contribution in [2.24, 2.45) is 5.73 Å². The largest absolute Gasteiger partial charge is 0.449 e. The van der Waals surface area contributed by atoms with E-state index in [0.29, 0.717) is 5.56 Å². The first-order valence-corrected chi connectivity index (χ1v) is 6.66. The van der Waals surface area contributed by atoms with Crippen molar-refractivity contribution in [3.63, 3.8) is 0 Å². The number of aryl methyl sites for hydroxylation is 2. The molecule has 1 heterocycles. The fraction of sp³-hybridized carbons (Fsp3) is 0.250. The summed E-state index contributed by atoms with van der Waals surface area (Å²) < 4.78 is 7.04. The van der Waals surface area contributed by atoms with Gasteiger partial charge in [0.15, 0.2) is 6.10 Å². The van der Waals surface area contributed by atoms with E-state index < -0.39 is 18.0 Å². The third kappa shape index (κ3) is 3.13. The summed E-state index contributed by atoms with van der Waals surface area (Å²) >= 11 is 0. The number of rotatable bonds is 4. The molecule has 2 rings (SSSR count). The first kappa shape index (κ1) is 14.8. The van der Waals surface area contributed by atoms with Crippen LogP contribution in [0.15, 0.2) is 36.4 Å². The van der Waals surface area contributed by atoms with Gasteiger partial charge in [-0.2, -0.15) is 0 Å². The minimum atomic E-state index is -0.939. The second kappa shape index (κ2) is 5.83. The standard InChI is InChI=1S/C16H18N2O3/c1-10-4-5-11(2)18(10)14-8-6-13(7-9-14)16(20)21-12(3)15(17)19/h4-9,12H,1-3H3,(H2,17,19). The topological polar surface area (TPSA) is 74.3 Å². The molecule has 110 valence electrons. The van der Waals surface area contributed by atoms with Crippen LogP contribution in [0.4, 0.5) is 0 Å². The second-order valence-electron chi connectivity index (χ2n) is 4.95. The molecule has 0 aliphatic carbocycles. The summed E-state index contributed by atoms with van der Waals surface area (Å²) in [5.74, 6) is -1.23. The first-order chi connectivity index (χ1) is 9.90. The number of primary amides is 1. The molecule has 5 heteroatoms. The average molecular weight is 286 g/mol. The van der Waals surface area contributed by atoms with Crippen molar-refractivity contribution in [2.75, 3.05) is 0 Å². The highest BCUT2D eigenvalue weighted by Crippen LogP contribution is 2.17. The number of esters is 1. The van der Waals surface area contributed by atoms with Crippen LogP contribution >= 0.6 is 0 Å². The lowest BCUT2D eigenvalue weighted by atomic mass is 10.2. The molecule has 21 heavy (non-hydrogen) atoms. The normalized spacial score (nSPS) is 12.0. The highest BCUT2D eigenvalue weighted by Gasteiger charge is 2.16. The number of amides is 1. The molecule has 0 aliphatic heterocycles. The molecule has 2 aromatic rings. The van der Waals surface area contributed by atoms with Gasteiger partial charge in [0, 0.05) is 17.1 Å². The van der Waals surface area contributed by atoms with Crippen LogP contribution in [0.5, 0.6) is 0 Å². The van der Waals surface area contributed by atoms with E-state index in [9.17, 15) is 9.59 Å². The van der Waals surface area contributed by atoms with Crippen molar-refractivity contribution in [1.29, 1.82) is 0 Å². The smallest absolute Gasteiger partial charge is 0.338 e. The molecule has 0 radical (unpaired) electrons. The molecule has 0 spiro atoms. The highest BCUT2D eigenvalue weighted by molar-refractivity contribution is 5.92. The quantitative estimate of drug-likeness (QED) is 0.875. The SMILES string of the molecule is Cc1ccc(C)n1-c1ccc(C(=O)OC(C)C(N)=O)cc1. The zero-order valence-electron chi connectivity index (χ0n) is 12.3. The van der Waals surface area contributed by atoms with Crippen molar-refractivity contribution in [3.05, 3.63) is 53.3 Å². The summed E-state index contributed by atoms with van der Waals surface area (Å²) in [4.78, 5) is 22.7. The van der Waals surface area contributed by atoms with Crippen LogP contribution in [0, 0.1) is 13.8 Å². The van der Waals surface area contributed by atoms with E-state index in [0.717, 1.165) is 17.1 Å². The van der Waals surface area contributed by atoms with Gasteiger partial charge in [0.1, 0.15) is 0 Å². The molecule has 0 bridgehead atoms. The average Bonchev–Trinajstić information content (AvgIpc) is 2.78. The van der Waals surface area contributed by atoms with Gasteiger partial charge in [-0.15, -0.1) is 0 Å². The van der Waals surface area contributed by atoms with E-state index in [4.69, 9.17) is 10.5 Å². The Bertz CT molecular complexity index is 652. The van der Waals surface area contributed by atoms with Crippen LogP contribution < -0.4 is 5.73 Å². The van der Waals surface area contributed by atoms with E-state index >= 15 is 0 Å². The van der Waals surface area contributed by atoms with Crippen molar-refractivity contribution >= 4 is 11.9 Å². The Kier molecular flexibility index (Phi) is 4.12. The van der Waals surface area contributed by atoms with Crippen LogP contribution in [-0.2, 0) is 9.53 Å². The lowest BCUT2D eigenvalue weighted by Gasteiger charge is -2.12. The Morgan fingerprint density at radius 1 is 1.05 bits per heavy atom. The Morgan fingerprint density at radius 3 is 2.05 bits per heavy atom. The monoisotopic (exact) mass is 286 g/mol. The molecule has 0 saturated carbocycles. The summed E-state index contributed by atoms with van der Waals surface area (Å²) in [5, 5.41) is 0. The van der Waals surface area contributed by atoms with Gasteiger partial charge < -0.3 is 15.0 Å². The van der Waals surface area contributed by atoms with Gasteiger partial charge in [-0.25, -0.2) is 4.79 Å². The van der Waals surface area contributed by atoms with Crippen molar-refractivity contribution in [3.8, 4) is 5.69 Å². The summed E-state index contributed by atoms with van der Waals surface area (Å²) in [5.41, 5.74) is 8.65. The number of carbonyl (C=O) groups excluding carboxylic acids is 2. The number of hydrogen-bond donors (Lipinski definition) is 1. The van der Waals surface area contributed by atoms with Crippen molar-refractivity contribution in [1.82, 2.24) is 4.57 Å². The van der Waals surface area contributed by atoms with Crippen molar-refractivity contribution in [2.45, 2.75) is 26.9 Å². The maximum Gasteiger partial charge on any atom is 0.338 e. The number of nitrogens with two attached hydrogens (primary N) is 1. The molecule has 0 saturated heterocycles. The maximum atomic E-state index is 11.9. The second-order valence-corrected chi connectivity index (χ2v) is 4.95. The third-order valence-corrected chi connectivity index (χ3v) is 3.32. The third-order valence-electron chi connectivity index (χ3n) is 3.32. The highest BCUT2D eigenvalue weighted by atomic mass is 16.5. The van der Waals surface area contributed by atoms with Gasteiger partial charge in [-0.05, 0) is 57.2 Å². The number of hydrogen-bond acceptors (Lipinski definition) is 3. The van der Waals surface area contributed by atoms with Crippen LogP contribution in [0.25, 0.3) is 5.69 Å². The molecular formula is C16H18N2O3. The van der Waals surface area contributed by atoms with Crippen LogP contribution in [-0.4, -0.2) is 22.5 Å². The summed E-state index contributed by atoms with van der Waals surface area (Å²) in [6.07, 6.45) is -0.939. The zero-order chi connectivity index (χ0) is 15.6. The molecule has 5 nitrogen and oxygen atoms in total. The number of nitrogens with zero attached hydrogens (tertiary/aromatic N) is 1. The van der Waals surface area contributed by atoms with Crippen LogP contribution in [0.3, 0.4) is 0 Å². The Hall–Kier alpha value is -2.56. The molecule has 0 aliphatic rings. The van der Waals surface area contributed by atoms with E-state index in [-0.39, 0.29) is 0 Å². The van der Waals surface area contributed by atoms with E-state index in [2.05, 4.69) is 4.57 Å². The fourth-order valence-electron chi connectivity index (χ4n) is 2.11. The molecular weight excluding hydrogens is 268 g/mol. The van der Waals surface area contributed by atoms with Gasteiger partial charge in [-0.1, -0.05) is 0 Å². The van der Waals surface area contributed by atoms with Gasteiger partial charge in [-0.3, -0.25) is 4.79 Å². The molecule has 1 aromatic carbocycles. The first-order valence-electron chi connectivity index (χ1n) is 6.66. The van der Waals surface area contributed by atoms with E-state index in [1.165, 1.54) is 6.92 Å². The van der Waals surface area contributed by atoms with Gasteiger partial charge >= 0.3 is 5.97 Å². The van der Waals surface area contributed by atoms with E-state index in [1.54, 1.807) is 12.1 Å². The van der Waals surface area contributed by atoms with Crippen LogP contribution in [0.2, 0.25) is 0 Å². The van der Waals surface area contributed by atoms with Crippen LogP contribution in [0.1, 0.15) is 28.7 Å². The zero-order valence-corrected chi connectivity index (χ0v) is 12.3. The molecule has 1 aromatic heterocycles. The summed E-state index contributed by atoms with van der Waals surface area (Å²) in [7, 11) is 0. The number of ether oxygens (including phenoxy) is 1. The summed E-state index contributed by atoms with van der Waals surface area (Å²) in [6.45, 7) is 5.48. The molecule has 1 amide bonds. The van der Waals surface area contributed by atoms with Crippen molar-refractivity contribution < 1.29 is 14.3 Å². The predicted octanol–water partition coefficient (Wildman–Crippen LogP) is 2.12. The lowest BCUT2D eigenvalue weighted by molar-refractivity contribution is -0.125. The van der Waals surface area contributed by atoms with Gasteiger partial charge in [0.05, 0.1) is 5.56 Å². The lowest BCUT2D eigenvalue weighted by Crippen LogP contribution is -2.30. The van der Waals surface area contributed by atoms with Gasteiger partial charge in [0.25, 0.3) is 5.91 Å². The number of carbonyl (C=O) groups is 2. The minimum Gasteiger partial charge on any atom is -0.449 e. The Morgan fingerprint density at radius 2 is 1.57 bits per heavy atom. The molecule has 2 N–H and O–H groups in total. The Balaban J connectivity index is 2.20. The molecule has 1 unspecified atom stereocenters. The maximum absolute atomic E-state index is 11.9. The fourth-order valence-corrected chi connectivity index (χ4v) is 2.11. The summed E-state index contributed by atoms with van der Waals surface area (Å²) in [6, 6.07) is 11.1. The predicted molar refractivity (Wildman–Crippen MR) is 79.3 cm³/mol. The number of aromatic nitrogens is 1.